The summed E-state index contributed by atoms with van der Waals surface area (Å²) in [6.45, 7) is 4.67. The van der Waals surface area contributed by atoms with E-state index in [1.807, 2.05) is 12.3 Å². The zero-order valence-electron chi connectivity index (χ0n) is 13.3. The summed E-state index contributed by atoms with van der Waals surface area (Å²) >= 11 is 0. The van der Waals surface area contributed by atoms with Crippen LogP contribution in [0.15, 0.2) is 24.4 Å². The summed E-state index contributed by atoms with van der Waals surface area (Å²) in [6, 6.07) is 7.58. The molecule has 1 aliphatic carbocycles. The fourth-order valence-electron chi connectivity index (χ4n) is 3.96. The number of rotatable bonds is 4. The SMILES string of the molecule is C[C@@H](NC1CCN(c2ccccn2)CC1)C1CCCCC1. The van der Waals surface area contributed by atoms with E-state index in [9.17, 15) is 0 Å². The normalized spacial score (nSPS) is 23.2. The zero-order valence-corrected chi connectivity index (χ0v) is 13.3. The third kappa shape index (κ3) is 3.97. The highest BCUT2D eigenvalue weighted by atomic mass is 15.2. The molecule has 0 aromatic carbocycles. The van der Waals surface area contributed by atoms with Gasteiger partial charge in [0, 0.05) is 31.4 Å². The molecule has 1 aromatic rings. The Bertz CT molecular complexity index is 406. The van der Waals surface area contributed by atoms with Crippen molar-refractivity contribution in [2.24, 2.45) is 5.92 Å². The largest absolute Gasteiger partial charge is 0.357 e. The van der Waals surface area contributed by atoms with Gasteiger partial charge in [-0.3, -0.25) is 0 Å². The van der Waals surface area contributed by atoms with Crippen LogP contribution in [-0.4, -0.2) is 30.2 Å². The second-order valence-electron chi connectivity index (χ2n) is 6.80. The fourth-order valence-corrected chi connectivity index (χ4v) is 3.96. The molecule has 2 aliphatic rings. The first-order valence-corrected chi connectivity index (χ1v) is 8.75. The van der Waals surface area contributed by atoms with Gasteiger partial charge in [-0.05, 0) is 50.7 Å². The van der Waals surface area contributed by atoms with E-state index in [0.717, 1.165) is 24.8 Å². The van der Waals surface area contributed by atoms with Gasteiger partial charge in [0.05, 0.1) is 0 Å². The van der Waals surface area contributed by atoms with Crippen LogP contribution in [0.3, 0.4) is 0 Å². The van der Waals surface area contributed by atoms with Crippen molar-refractivity contribution in [1.29, 1.82) is 0 Å². The molecule has 0 spiro atoms. The lowest BCUT2D eigenvalue weighted by Crippen LogP contribution is -2.47. The standard InChI is InChI=1S/C18H29N3/c1-15(16-7-3-2-4-8-16)20-17-10-13-21(14-11-17)18-9-5-6-12-19-18/h5-6,9,12,15-17,20H,2-4,7-8,10-11,13-14H2,1H3/t15-/m1/s1. The van der Waals surface area contributed by atoms with Crippen LogP contribution in [0.2, 0.25) is 0 Å². The Morgan fingerprint density at radius 3 is 2.52 bits per heavy atom. The van der Waals surface area contributed by atoms with Crippen LogP contribution >= 0.6 is 0 Å². The first-order chi connectivity index (χ1) is 10.3. The van der Waals surface area contributed by atoms with Crippen molar-refractivity contribution in [2.75, 3.05) is 18.0 Å². The summed E-state index contributed by atoms with van der Waals surface area (Å²) < 4.78 is 0. The molecule has 1 aromatic heterocycles. The van der Waals surface area contributed by atoms with Gasteiger partial charge in [-0.25, -0.2) is 4.98 Å². The summed E-state index contributed by atoms with van der Waals surface area (Å²) in [6.07, 6.45) is 11.6. The highest BCUT2D eigenvalue weighted by molar-refractivity contribution is 5.38. The van der Waals surface area contributed by atoms with E-state index in [-0.39, 0.29) is 0 Å². The number of pyridine rings is 1. The van der Waals surface area contributed by atoms with E-state index in [2.05, 4.69) is 34.3 Å². The van der Waals surface area contributed by atoms with E-state index < -0.39 is 0 Å². The Labute approximate surface area is 129 Å². The van der Waals surface area contributed by atoms with Gasteiger partial charge in [0.1, 0.15) is 5.82 Å². The predicted molar refractivity (Wildman–Crippen MR) is 88.6 cm³/mol. The molecule has 0 bridgehead atoms. The highest BCUT2D eigenvalue weighted by Crippen LogP contribution is 2.27. The van der Waals surface area contributed by atoms with Crippen molar-refractivity contribution in [1.82, 2.24) is 10.3 Å². The minimum Gasteiger partial charge on any atom is -0.357 e. The quantitative estimate of drug-likeness (QED) is 0.917. The van der Waals surface area contributed by atoms with Crippen molar-refractivity contribution in [3.8, 4) is 0 Å². The maximum absolute atomic E-state index is 4.47. The molecule has 3 nitrogen and oxygen atoms in total. The van der Waals surface area contributed by atoms with Crippen LogP contribution < -0.4 is 10.2 Å². The Morgan fingerprint density at radius 2 is 1.86 bits per heavy atom. The first kappa shape index (κ1) is 14.8. The van der Waals surface area contributed by atoms with Crippen LogP contribution in [0, 0.1) is 5.92 Å². The molecule has 1 saturated carbocycles. The second kappa shape index (κ2) is 7.26. The number of hydrogen-bond acceptors (Lipinski definition) is 3. The molecule has 1 saturated heterocycles. The van der Waals surface area contributed by atoms with Gasteiger partial charge < -0.3 is 10.2 Å². The van der Waals surface area contributed by atoms with Crippen molar-refractivity contribution >= 4 is 5.82 Å². The lowest BCUT2D eigenvalue weighted by Gasteiger charge is -2.37. The molecule has 1 N–H and O–H groups in total. The minimum atomic E-state index is 0.691. The van der Waals surface area contributed by atoms with Gasteiger partial charge >= 0.3 is 0 Å². The molecular weight excluding hydrogens is 258 g/mol. The molecular formula is C18H29N3. The molecule has 21 heavy (non-hydrogen) atoms. The number of piperidine rings is 1. The Kier molecular flexibility index (Phi) is 5.13. The Balaban J connectivity index is 1.45. The summed E-state index contributed by atoms with van der Waals surface area (Å²) in [5, 5.41) is 3.91. The molecule has 2 fully saturated rings. The Hall–Kier alpha value is -1.09. The Morgan fingerprint density at radius 1 is 1.10 bits per heavy atom. The van der Waals surface area contributed by atoms with Gasteiger partial charge in [-0.1, -0.05) is 25.3 Å². The van der Waals surface area contributed by atoms with Crippen LogP contribution in [0.25, 0.3) is 0 Å². The van der Waals surface area contributed by atoms with Crippen molar-refractivity contribution in [3.63, 3.8) is 0 Å². The van der Waals surface area contributed by atoms with Crippen molar-refractivity contribution < 1.29 is 0 Å². The molecule has 1 atom stereocenters. The maximum atomic E-state index is 4.47. The van der Waals surface area contributed by atoms with Crippen LogP contribution in [0.5, 0.6) is 0 Å². The van der Waals surface area contributed by atoms with Gasteiger partial charge in [0.2, 0.25) is 0 Å². The van der Waals surface area contributed by atoms with E-state index in [0.29, 0.717) is 12.1 Å². The van der Waals surface area contributed by atoms with E-state index in [4.69, 9.17) is 0 Å². The highest BCUT2D eigenvalue weighted by Gasteiger charge is 2.25. The number of nitrogens with zero attached hydrogens (tertiary/aromatic N) is 2. The lowest BCUT2D eigenvalue weighted by atomic mass is 9.84. The maximum Gasteiger partial charge on any atom is 0.128 e. The van der Waals surface area contributed by atoms with E-state index >= 15 is 0 Å². The second-order valence-corrected chi connectivity index (χ2v) is 6.80. The van der Waals surface area contributed by atoms with Crippen molar-refractivity contribution in [2.45, 2.75) is 64.0 Å². The fraction of sp³-hybridized carbons (Fsp3) is 0.722. The molecule has 3 rings (SSSR count). The summed E-state index contributed by atoms with van der Waals surface area (Å²) in [4.78, 5) is 6.89. The molecule has 3 heteroatoms. The van der Waals surface area contributed by atoms with Crippen LogP contribution in [0.4, 0.5) is 5.82 Å². The van der Waals surface area contributed by atoms with E-state index in [1.54, 1.807) is 0 Å². The number of aromatic nitrogens is 1. The molecule has 116 valence electrons. The number of hydrogen-bond donors (Lipinski definition) is 1. The minimum absolute atomic E-state index is 0.691. The van der Waals surface area contributed by atoms with Crippen LogP contribution in [0.1, 0.15) is 51.9 Å². The summed E-state index contributed by atoms with van der Waals surface area (Å²) in [5.74, 6) is 2.05. The zero-order chi connectivity index (χ0) is 14.5. The number of nitrogens with one attached hydrogen (secondary N) is 1. The molecule has 0 radical (unpaired) electrons. The monoisotopic (exact) mass is 287 g/mol. The van der Waals surface area contributed by atoms with E-state index in [1.165, 1.54) is 44.9 Å². The van der Waals surface area contributed by atoms with Gasteiger partial charge in [-0.15, -0.1) is 0 Å². The topological polar surface area (TPSA) is 28.2 Å². The van der Waals surface area contributed by atoms with Gasteiger partial charge in [0.25, 0.3) is 0 Å². The van der Waals surface area contributed by atoms with Gasteiger partial charge in [-0.2, -0.15) is 0 Å². The first-order valence-electron chi connectivity index (χ1n) is 8.75. The molecule has 1 aliphatic heterocycles. The van der Waals surface area contributed by atoms with Gasteiger partial charge in [0.15, 0.2) is 0 Å². The molecule has 2 heterocycles. The smallest absolute Gasteiger partial charge is 0.128 e. The third-order valence-electron chi connectivity index (χ3n) is 5.32. The average molecular weight is 287 g/mol. The molecule has 0 amide bonds. The lowest BCUT2D eigenvalue weighted by molar-refractivity contribution is 0.251. The number of anilines is 1. The predicted octanol–water partition coefficient (Wildman–Crippen LogP) is 3.61. The van der Waals surface area contributed by atoms with Crippen molar-refractivity contribution in [3.05, 3.63) is 24.4 Å². The molecule has 0 unspecified atom stereocenters. The summed E-state index contributed by atoms with van der Waals surface area (Å²) in [7, 11) is 0. The third-order valence-corrected chi connectivity index (χ3v) is 5.32. The average Bonchev–Trinajstić information content (AvgIpc) is 2.57. The summed E-state index contributed by atoms with van der Waals surface area (Å²) in [5.41, 5.74) is 0. The van der Waals surface area contributed by atoms with Crippen LogP contribution in [-0.2, 0) is 0 Å².